The molecule has 0 fully saturated rings. The largest absolute Gasteiger partial charge is 0.349 e. The third-order valence-corrected chi connectivity index (χ3v) is 2.28. The zero-order valence-electron chi connectivity index (χ0n) is 7.69. The zero-order chi connectivity index (χ0) is 10.1. The van der Waals surface area contributed by atoms with Crippen molar-refractivity contribution in [1.82, 2.24) is 4.57 Å². The fourth-order valence-electron chi connectivity index (χ4n) is 1.68. The molecule has 0 radical (unpaired) electrons. The van der Waals surface area contributed by atoms with Crippen LogP contribution in [0.5, 0.6) is 0 Å². The normalized spacial score (nSPS) is 10.0. The van der Waals surface area contributed by atoms with Crippen molar-refractivity contribution < 1.29 is 4.79 Å². The van der Waals surface area contributed by atoms with E-state index in [1.165, 1.54) is 0 Å². The highest BCUT2D eigenvalue weighted by Gasteiger charge is 2.08. The maximum absolute atomic E-state index is 10.7. The molecule has 0 atom stereocenters. The molecule has 0 N–H and O–H groups in total. The van der Waals surface area contributed by atoms with Crippen LogP contribution in [0, 0.1) is 11.3 Å². The molecule has 1 heterocycles. The van der Waals surface area contributed by atoms with Gasteiger partial charge in [-0.2, -0.15) is 5.26 Å². The van der Waals surface area contributed by atoms with Crippen LogP contribution in [0.3, 0.4) is 0 Å². The Hall–Kier alpha value is -2.08. The summed E-state index contributed by atoms with van der Waals surface area (Å²) in [5.74, 6) is 0. The Balaban J connectivity index is 2.96. The number of fused-ring (bicyclic) bond motifs is 1. The lowest BCUT2D eigenvalue weighted by Gasteiger charge is -1.97. The highest BCUT2D eigenvalue weighted by Crippen LogP contribution is 2.22. The van der Waals surface area contributed by atoms with Crippen LogP contribution < -0.4 is 0 Å². The number of rotatable bonds is 1. The van der Waals surface area contributed by atoms with Crippen molar-refractivity contribution in [2.75, 3.05) is 0 Å². The molecule has 0 saturated carbocycles. The maximum atomic E-state index is 10.7. The number of aldehydes is 1. The average molecular weight is 184 g/mol. The summed E-state index contributed by atoms with van der Waals surface area (Å²) >= 11 is 0. The van der Waals surface area contributed by atoms with Gasteiger partial charge in [-0.15, -0.1) is 0 Å². The second-order valence-corrected chi connectivity index (χ2v) is 3.13. The third-order valence-electron chi connectivity index (χ3n) is 2.28. The van der Waals surface area contributed by atoms with Crippen molar-refractivity contribution in [1.29, 1.82) is 5.26 Å². The summed E-state index contributed by atoms with van der Waals surface area (Å²) in [4.78, 5) is 10.7. The molecular weight excluding hydrogens is 176 g/mol. The molecule has 2 aromatic rings. The summed E-state index contributed by atoms with van der Waals surface area (Å²) in [5.41, 5.74) is 2.04. The molecule has 1 aromatic carbocycles. The van der Waals surface area contributed by atoms with Gasteiger partial charge in [-0.05, 0) is 6.07 Å². The number of nitrogens with zero attached hydrogens (tertiary/aromatic N) is 2. The number of carbonyl (C=O) groups excluding carboxylic acids is 1. The minimum atomic E-state index is 0.595. The van der Waals surface area contributed by atoms with Crippen molar-refractivity contribution in [2.24, 2.45) is 7.05 Å². The summed E-state index contributed by atoms with van der Waals surface area (Å²) in [6, 6.07) is 7.49. The number of para-hydroxylation sites is 1. The molecule has 2 rings (SSSR count). The fraction of sp³-hybridized carbons (Fsp3) is 0.0909. The molecule has 0 amide bonds. The van der Waals surface area contributed by atoms with Gasteiger partial charge in [-0.25, -0.2) is 0 Å². The van der Waals surface area contributed by atoms with Gasteiger partial charge in [0.25, 0.3) is 0 Å². The van der Waals surface area contributed by atoms with Crippen LogP contribution in [0.15, 0.2) is 24.4 Å². The molecule has 3 nitrogen and oxygen atoms in total. The van der Waals surface area contributed by atoms with Crippen LogP contribution in [0.2, 0.25) is 0 Å². The second kappa shape index (κ2) is 3.00. The highest BCUT2D eigenvalue weighted by atomic mass is 16.1. The van der Waals surface area contributed by atoms with Gasteiger partial charge >= 0.3 is 0 Å². The van der Waals surface area contributed by atoms with E-state index in [-0.39, 0.29) is 0 Å². The molecule has 0 unspecified atom stereocenters. The van der Waals surface area contributed by atoms with Crippen LogP contribution >= 0.6 is 0 Å². The van der Waals surface area contributed by atoms with E-state index in [1.807, 2.05) is 13.1 Å². The lowest BCUT2D eigenvalue weighted by atomic mass is 10.1. The van der Waals surface area contributed by atoms with Crippen molar-refractivity contribution >= 4 is 17.2 Å². The predicted molar refractivity (Wildman–Crippen MR) is 53.0 cm³/mol. The maximum Gasteiger partial charge on any atom is 0.152 e. The molecule has 0 aliphatic rings. The van der Waals surface area contributed by atoms with Crippen molar-refractivity contribution in [2.45, 2.75) is 0 Å². The van der Waals surface area contributed by atoms with Crippen LogP contribution in [0.1, 0.15) is 15.9 Å². The van der Waals surface area contributed by atoms with Crippen molar-refractivity contribution in [3.63, 3.8) is 0 Å². The summed E-state index contributed by atoms with van der Waals surface area (Å²) in [7, 11) is 1.83. The second-order valence-electron chi connectivity index (χ2n) is 3.13. The first-order valence-corrected chi connectivity index (χ1v) is 4.21. The SMILES string of the molecule is Cn1cc(C=O)c2cccc(C#N)c21. The number of nitriles is 1. The smallest absolute Gasteiger partial charge is 0.152 e. The van der Waals surface area contributed by atoms with Gasteiger partial charge in [0.2, 0.25) is 0 Å². The van der Waals surface area contributed by atoms with E-state index in [2.05, 4.69) is 6.07 Å². The number of aryl methyl sites for hydroxylation is 1. The van der Waals surface area contributed by atoms with Gasteiger partial charge in [0.05, 0.1) is 11.1 Å². The number of benzene rings is 1. The summed E-state index contributed by atoms with van der Waals surface area (Å²) in [5, 5.41) is 9.73. The van der Waals surface area contributed by atoms with E-state index < -0.39 is 0 Å². The first-order valence-electron chi connectivity index (χ1n) is 4.21. The predicted octanol–water partition coefficient (Wildman–Crippen LogP) is 1.86. The molecule has 1 aromatic heterocycles. The van der Waals surface area contributed by atoms with E-state index in [4.69, 9.17) is 5.26 Å². The number of hydrogen-bond acceptors (Lipinski definition) is 2. The van der Waals surface area contributed by atoms with Crippen molar-refractivity contribution in [3.8, 4) is 6.07 Å². The summed E-state index contributed by atoms with van der Waals surface area (Å²) in [6.45, 7) is 0. The molecule has 0 aliphatic heterocycles. The van der Waals surface area contributed by atoms with Crippen LogP contribution in [0.4, 0.5) is 0 Å². The topological polar surface area (TPSA) is 45.8 Å². The molecule has 68 valence electrons. The van der Waals surface area contributed by atoms with Gasteiger partial charge in [-0.3, -0.25) is 4.79 Å². The highest BCUT2D eigenvalue weighted by molar-refractivity contribution is 5.99. The molecule has 0 bridgehead atoms. The van der Waals surface area contributed by atoms with Crippen LogP contribution in [0.25, 0.3) is 10.9 Å². The van der Waals surface area contributed by atoms with Gasteiger partial charge in [-0.1, -0.05) is 12.1 Å². The lowest BCUT2D eigenvalue weighted by Crippen LogP contribution is -1.87. The zero-order valence-corrected chi connectivity index (χ0v) is 7.69. The fourth-order valence-corrected chi connectivity index (χ4v) is 1.68. The van der Waals surface area contributed by atoms with E-state index in [0.29, 0.717) is 11.1 Å². The monoisotopic (exact) mass is 184 g/mol. The molecule has 0 saturated heterocycles. The Kier molecular flexibility index (Phi) is 1.83. The Morgan fingerprint density at radius 2 is 2.29 bits per heavy atom. The van der Waals surface area contributed by atoms with Gasteiger partial charge < -0.3 is 4.57 Å². The molecule has 0 spiro atoms. The molecule has 3 heteroatoms. The van der Waals surface area contributed by atoms with Gasteiger partial charge in [0.15, 0.2) is 6.29 Å². The van der Waals surface area contributed by atoms with E-state index in [1.54, 1.807) is 22.9 Å². The summed E-state index contributed by atoms with van der Waals surface area (Å²) < 4.78 is 1.80. The van der Waals surface area contributed by atoms with E-state index in [0.717, 1.165) is 17.2 Å². The number of aromatic nitrogens is 1. The average Bonchev–Trinajstić information content (AvgIpc) is 2.55. The number of carbonyl (C=O) groups is 1. The first-order chi connectivity index (χ1) is 6.77. The number of hydrogen-bond donors (Lipinski definition) is 0. The van der Waals surface area contributed by atoms with Gasteiger partial charge in [0.1, 0.15) is 6.07 Å². The van der Waals surface area contributed by atoms with E-state index in [9.17, 15) is 4.79 Å². The Labute approximate surface area is 81.2 Å². The quantitative estimate of drug-likeness (QED) is 0.635. The minimum Gasteiger partial charge on any atom is -0.349 e. The Morgan fingerprint density at radius 3 is 2.93 bits per heavy atom. The molecule has 0 aliphatic carbocycles. The molecule has 14 heavy (non-hydrogen) atoms. The standard InChI is InChI=1S/C11H8N2O/c1-13-6-9(7-14)10-4-2-3-8(5-12)11(10)13/h2-4,6-7H,1H3. The van der Waals surface area contributed by atoms with E-state index >= 15 is 0 Å². The first kappa shape index (κ1) is 8.52. The lowest BCUT2D eigenvalue weighted by molar-refractivity contribution is 0.112. The minimum absolute atomic E-state index is 0.595. The molecular formula is C11H8N2O. The summed E-state index contributed by atoms with van der Waals surface area (Å²) in [6.07, 6.45) is 2.54. The van der Waals surface area contributed by atoms with Crippen molar-refractivity contribution in [3.05, 3.63) is 35.5 Å². The van der Waals surface area contributed by atoms with Crippen LogP contribution in [-0.2, 0) is 7.05 Å². The van der Waals surface area contributed by atoms with Crippen LogP contribution in [-0.4, -0.2) is 10.9 Å². The Bertz CT molecular complexity index is 546. The third kappa shape index (κ3) is 1.01. The Morgan fingerprint density at radius 1 is 1.50 bits per heavy atom. The van der Waals surface area contributed by atoms with Gasteiger partial charge in [0, 0.05) is 24.2 Å².